The van der Waals surface area contributed by atoms with Gasteiger partial charge in [-0.2, -0.15) is 0 Å². The van der Waals surface area contributed by atoms with Crippen molar-refractivity contribution in [3.8, 4) is 0 Å². The average molecular weight is 295 g/mol. The first-order valence-corrected chi connectivity index (χ1v) is 7.09. The molecule has 1 atom stereocenters. The third kappa shape index (κ3) is 3.53. The van der Waals surface area contributed by atoms with Crippen LogP contribution >= 0.6 is 11.3 Å². The molecule has 2 aromatic rings. The van der Waals surface area contributed by atoms with Gasteiger partial charge >= 0.3 is 5.97 Å². The number of aromatic nitrogens is 4. The minimum absolute atomic E-state index is 0.0158. The quantitative estimate of drug-likeness (QED) is 0.814. The normalized spacial score (nSPS) is 12.2. The molecule has 0 radical (unpaired) electrons. The van der Waals surface area contributed by atoms with Crippen LogP contribution in [0.1, 0.15) is 30.9 Å². The summed E-state index contributed by atoms with van der Waals surface area (Å²) < 4.78 is 6.47. The number of hydrogen-bond acceptors (Lipinski definition) is 7. The first kappa shape index (κ1) is 14.4. The Bertz CT molecular complexity index is 580. The summed E-state index contributed by atoms with van der Waals surface area (Å²) in [6.07, 6.45) is 2.60. The van der Waals surface area contributed by atoms with E-state index in [9.17, 15) is 4.79 Å². The average Bonchev–Trinajstić information content (AvgIpc) is 3.05. The number of rotatable bonds is 6. The molecule has 7 nitrogen and oxygen atoms in total. The van der Waals surface area contributed by atoms with Crippen LogP contribution in [0.5, 0.6) is 0 Å². The van der Waals surface area contributed by atoms with Gasteiger partial charge < -0.3 is 14.6 Å². The second kappa shape index (κ2) is 6.47. The molecule has 0 spiro atoms. The van der Waals surface area contributed by atoms with E-state index in [1.165, 1.54) is 18.4 Å². The summed E-state index contributed by atoms with van der Waals surface area (Å²) in [4.78, 5) is 15.5. The van der Waals surface area contributed by atoms with Gasteiger partial charge in [-0.25, -0.2) is 4.98 Å². The summed E-state index contributed by atoms with van der Waals surface area (Å²) in [5, 5.41) is 13.9. The molecule has 0 aliphatic rings. The number of nitrogens with zero attached hydrogens (tertiary/aromatic N) is 4. The number of anilines is 1. The summed E-state index contributed by atoms with van der Waals surface area (Å²) in [6, 6.07) is 0.0158. The first-order valence-electron chi connectivity index (χ1n) is 6.21. The molecule has 0 aliphatic heterocycles. The summed E-state index contributed by atoms with van der Waals surface area (Å²) >= 11 is 1.51. The maximum absolute atomic E-state index is 11.1. The molecule has 1 N–H and O–H groups in total. The van der Waals surface area contributed by atoms with Gasteiger partial charge in [0, 0.05) is 18.8 Å². The molecular formula is C12H17N5O2S. The molecule has 8 heteroatoms. The van der Waals surface area contributed by atoms with Crippen LogP contribution < -0.4 is 5.32 Å². The third-order valence-corrected chi connectivity index (χ3v) is 3.66. The van der Waals surface area contributed by atoms with Crippen molar-refractivity contribution >= 4 is 22.4 Å². The summed E-state index contributed by atoms with van der Waals surface area (Å²) in [7, 11) is 3.29. The molecule has 2 aromatic heterocycles. The lowest BCUT2D eigenvalue weighted by Gasteiger charge is -2.11. The van der Waals surface area contributed by atoms with E-state index in [0.717, 1.165) is 16.6 Å². The molecule has 0 aromatic carbocycles. The van der Waals surface area contributed by atoms with E-state index in [0.29, 0.717) is 12.8 Å². The summed E-state index contributed by atoms with van der Waals surface area (Å²) in [5.41, 5.74) is 0.882. The minimum Gasteiger partial charge on any atom is -0.469 e. The zero-order chi connectivity index (χ0) is 14.5. The van der Waals surface area contributed by atoms with Crippen molar-refractivity contribution in [2.45, 2.75) is 25.8 Å². The van der Waals surface area contributed by atoms with Crippen molar-refractivity contribution in [3.63, 3.8) is 0 Å². The molecule has 0 aliphatic carbocycles. The van der Waals surface area contributed by atoms with Gasteiger partial charge in [0.25, 0.3) is 0 Å². The van der Waals surface area contributed by atoms with Crippen LogP contribution in [-0.2, 0) is 23.0 Å². The van der Waals surface area contributed by atoms with Crippen LogP contribution in [0.2, 0.25) is 0 Å². The Labute approximate surface area is 121 Å². The van der Waals surface area contributed by atoms with Gasteiger partial charge in [0.05, 0.1) is 25.3 Å². The van der Waals surface area contributed by atoms with Crippen molar-refractivity contribution in [3.05, 3.63) is 23.2 Å². The molecule has 1 unspecified atom stereocenters. The van der Waals surface area contributed by atoms with E-state index in [4.69, 9.17) is 0 Å². The van der Waals surface area contributed by atoms with Crippen LogP contribution in [0.3, 0.4) is 0 Å². The fourth-order valence-electron chi connectivity index (χ4n) is 1.75. The number of nitrogens with one attached hydrogen (secondary N) is 1. The number of thiazole rings is 1. The summed E-state index contributed by atoms with van der Waals surface area (Å²) in [6.45, 7) is 2.00. The maximum Gasteiger partial charge on any atom is 0.305 e. The lowest BCUT2D eigenvalue weighted by molar-refractivity contribution is -0.140. The smallest absolute Gasteiger partial charge is 0.305 e. The van der Waals surface area contributed by atoms with Crippen LogP contribution in [0.15, 0.2) is 11.7 Å². The second-order valence-corrected chi connectivity index (χ2v) is 5.24. The predicted molar refractivity (Wildman–Crippen MR) is 75.5 cm³/mol. The zero-order valence-corrected chi connectivity index (χ0v) is 12.5. The molecule has 20 heavy (non-hydrogen) atoms. The lowest BCUT2D eigenvalue weighted by Crippen LogP contribution is -2.11. The molecule has 2 heterocycles. The minimum atomic E-state index is -0.222. The number of aryl methyl sites for hydroxylation is 2. The highest BCUT2D eigenvalue weighted by molar-refractivity contribution is 7.13. The largest absolute Gasteiger partial charge is 0.469 e. The maximum atomic E-state index is 11.1. The number of carbonyl (C=O) groups is 1. The topological polar surface area (TPSA) is 81.9 Å². The van der Waals surface area contributed by atoms with Gasteiger partial charge in [0.2, 0.25) is 0 Å². The highest BCUT2D eigenvalue weighted by Gasteiger charge is 2.13. The predicted octanol–water partition coefficient (Wildman–Crippen LogP) is 1.55. The Kier molecular flexibility index (Phi) is 4.67. The zero-order valence-electron chi connectivity index (χ0n) is 11.7. The van der Waals surface area contributed by atoms with Crippen LogP contribution in [-0.4, -0.2) is 32.8 Å². The van der Waals surface area contributed by atoms with Gasteiger partial charge in [-0.1, -0.05) is 0 Å². The van der Waals surface area contributed by atoms with Crippen molar-refractivity contribution in [2.75, 3.05) is 12.4 Å². The summed E-state index contributed by atoms with van der Waals surface area (Å²) in [5.74, 6) is 0.622. The standard InChI is InChI=1S/C12H17N5O2S/c1-8(11-16-13-7-17(11)2)14-12-15-9(6-20-12)4-5-10(18)19-3/h6-8H,4-5H2,1-3H3,(H,14,15). The number of ether oxygens (including phenoxy) is 1. The van der Waals surface area contributed by atoms with Gasteiger partial charge in [-0.05, 0) is 6.92 Å². The van der Waals surface area contributed by atoms with E-state index >= 15 is 0 Å². The number of hydrogen-bond donors (Lipinski definition) is 1. The Morgan fingerprint density at radius 2 is 2.40 bits per heavy atom. The first-order chi connectivity index (χ1) is 9.60. The molecular weight excluding hydrogens is 278 g/mol. The molecule has 0 saturated carbocycles. The van der Waals surface area contributed by atoms with Crippen molar-refractivity contribution < 1.29 is 9.53 Å². The fraction of sp³-hybridized carbons (Fsp3) is 0.500. The van der Waals surface area contributed by atoms with Crippen molar-refractivity contribution in [2.24, 2.45) is 7.05 Å². The number of esters is 1. The fourth-order valence-corrected chi connectivity index (χ4v) is 2.59. The Morgan fingerprint density at radius 1 is 1.60 bits per heavy atom. The second-order valence-electron chi connectivity index (χ2n) is 4.39. The molecule has 2 rings (SSSR count). The van der Waals surface area contributed by atoms with Gasteiger partial charge in [0.1, 0.15) is 6.33 Å². The highest BCUT2D eigenvalue weighted by atomic mass is 32.1. The van der Waals surface area contributed by atoms with Crippen LogP contribution in [0.25, 0.3) is 0 Å². The van der Waals surface area contributed by atoms with E-state index in [2.05, 4.69) is 25.2 Å². The van der Waals surface area contributed by atoms with E-state index in [-0.39, 0.29) is 12.0 Å². The van der Waals surface area contributed by atoms with Crippen LogP contribution in [0.4, 0.5) is 5.13 Å². The molecule has 108 valence electrons. The lowest BCUT2D eigenvalue weighted by atomic mass is 10.2. The highest BCUT2D eigenvalue weighted by Crippen LogP contribution is 2.21. The monoisotopic (exact) mass is 295 g/mol. The van der Waals surface area contributed by atoms with Gasteiger partial charge in [0.15, 0.2) is 11.0 Å². The number of methoxy groups -OCH3 is 1. The Balaban J connectivity index is 1.92. The van der Waals surface area contributed by atoms with E-state index < -0.39 is 0 Å². The number of carbonyl (C=O) groups excluding carboxylic acids is 1. The van der Waals surface area contributed by atoms with Crippen molar-refractivity contribution in [1.82, 2.24) is 19.7 Å². The van der Waals surface area contributed by atoms with E-state index in [1.807, 2.05) is 23.9 Å². The Morgan fingerprint density at radius 3 is 3.05 bits per heavy atom. The van der Waals surface area contributed by atoms with E-state index in [1.54, 1.807) is 6.33 Å². The Hall–Kier alpha value is -1.96. The molecule has 0 bridgehead atoms. The molecule has 0 fully saturated rings. The molecule has 0 amide bonds. The van der Waals surface area contributed by atoms with Gasteiger partial charge in [-0.3, -0.25) is 4.79 Å². The van der Waals surface area contributed by atoms with Crippen LogP contribution in [0, 0.1) is 0 Å². The van der Waals surface area contributed by atoms with Gasteiger partial charge in [-0.15, -0.1) is 21.5 Å². The molecule has 0 saturated heterocycles. The third-order valence-electron chi connectivity index (χ3n) is 2.84. The SMILES string of the molecule is COC(=O)CCc1csc(NC(C)c2nncn2C)n1. The van der Waals surface area contributed by atoms with Crippen molar-refractivity contribution in [1.29, 1.82) is 0 Å².